The maximum atomic E-state index is 5.77. The Morgan fingerprint density at radius 2 is 2.38 bits per heavy atom. The minimum Gasteiger partial charge on any atom is -0.377 e. The van der Waals surface area contributed by atoms with E-state index >= 15 is 0 Å². The van der Waals surface area contributed by atoms with E-state index in [4.69, 9.17) is 10.5 Å². The van der Waals surface area contributed by atoms with Crippen molar-refractivity contribution in [1.82, 2.24) is 4.98 Å². The third-order valence-corrected chi connectivity index (χ3v) is 2.94. The van der Waals surface area contributed by atoms with Crippen molar-refractivity contribution in [2.45, 2.75) is 25.9 Å². The average Bonchev–Trinajstić information content (AvgIpc) is 2.30. The van der Waals surface area contributed by atoms with Crippen LogP contribution in [0, 0.1) is 0 Å². The van der Waals surface area contributed by atoms with Crippen LogP contribution in [0.3, 0.4) is 0 Å². The quantitative estimate of drug-likeness (QED) is 0.818. The molecule has 0 aromatic carbocycles. The molecule has 2 N–H and O–H groups in total. The minimum absolute atomic E-state index is 0.00355. The summed E-state index contributed by atoms with van der Waals surface area (Å²) in [6.07, 6.45) is 1.90. The largest absolute Gasteiger partial charge is 0.377 e. The van der Waals surface area contributed by atoms with Crippen LogP contribution in [0.5, 0.6) is 0 Å². The maximum absolute atomic E-state index is 5.77. The van der Waals surface area contributed by atoms with Gasteiger partial charge in [-0.15, -0.1) is 0 Å². The highest BCUT2D eigenvalue weighted by Crippen LogP contribution is 2.19. The smallest absolute Gasteiger partial charge is 0.0668 e. The normalized spacial score (nSPS) is 23.2. The molecular weight excluding hydrogens is 202 g/mol. The van der Waals surface area contributed by atoms with Crippen molar-refractivity contribution in [3.63, 3.8) is 0 Å². The molecule has 88 valence electrons. The van der Waals surface area contributed by atoms with Crippen LogP contribution >= 0.6 is 0 Å². The van der Waals surface area contributed by atoms with Gasteiger partial charge < -0.3 is 15.4 Å². The molecule has 16 heavy (non-hydrogen) atoms. The molecule has 0 saturated carbocycles. The number of nitrogens with two attached hydrogens (primary N) is 1. The Hall–Kier alpha value is -1.13. The van der Waals surface area contributed by atoms with Gasteiger partial charge in [0.1, 0.15) is 0 Å². The Morgan fingerprint density at radius 3 is 2.94 bits per heavy atom. The molecule has 1 saturated heterocycles. The van der Waals surface area contributed by atoms with Gasteiger partial charge in [-0.2, -0.15) is 0 Å². The van der Waals surface area contributed by atoms with Gasteiger partial charge in [-0.3, -0.25) is 4.98 Å². The highest BCUT2D eigenvalue weighted by atomic mass is 16.5. The number of hydrogen-bond donors (Lipinski definition) is 1. The van der Waals surface area contributed by atoms with E-state index in [0.29, 0.717) is 6.04 Å². The molecule has 0 amide bonds. The second-order valence-corrected chi connectivity index (χ2v) is 4.35. The molecule has 2 heterocycles. The molecule has 1 fully saturated rings. The Morgan fingerprint density at radius 1 is 1.56 bits per heavy atom. The van der Waals surface area contributed by atoms with E-state index in [9.17, 15) is 0 Å². The molecule has 1 aliphatic rings. The summed E-state index contributed by atoms with van der Waals surface area (Å²) in [6.45, 7) is 6.62. The lowest BCUT2D eigenvalue weighted by Crippen LogP contribution is -2.43. The predicted molar refractivity (Wildman–Crippen MR) is 64.5 cm³/mol. The van der Waals surface area contributed by atoms with E-state index in [1.165, 1.54) is 0 Å². The van der Waals surface area contributed by atoms with Crippen molar-refractivity contribution in [3.8, 4) is 0 Å². The summed E-state index contributed by atoms with van der Waals surface area (Å²) >= 11 is 0. The van der Waals surface area contributed by atoms with Gasteiger partial charge in [-0.05, 0) is 26.0 Å². The summed E-state index contributed by atoms with van der Waals surface area (Å²) in [7, 11) is 0. The second-order valence-electron chi connectivity index (χ2n) is 4.35. The van der Waals surface area contributed by atoms with Crippen molar-refractivity contribution in [2.24, 2.45) is 5.73 Å². The number of hydrogen-bond acceptors (Lipinski definition) is 4. The lowest BCUT2D eigenvalue weighted by atomic mass is 10.2. The minimum atomic E-state index is -0.00355. The number of pyridine rings is 1. The first-order chi connectivity index (χ1) is 7.68. The molecule has 2 rings (SSSR count). The molecule has 0 bridgehead atoms. The van der Waals surface area contributed by atoms with E-state index in [0.717, 1.165) is 31.1 Å². The van der Waals surface area contributed by atoms with Gasteiger partial charge in [0.2, 0.25) is 0 Å². The van der Waals surface area contributed by atoms with Crippen molar-refractivity contribution in [2.75, 3.05) is 24.7 Å². The summed E-state index contributed by atoms with van der Waals surface area (Å²) in [4.78, 5) is 6.70. The number of aromatic nitrogens is 1. The van der Waals surface area contributed by atoms with Gasteiger partial charge in [0.15, 0.2) is 0 Å². The average molecular weight is 221 g/mol. The number of nitrogens with zero attached hydrogens (tertiary/aromatic N) is 2. The van der Waals surface area contributed by atoms with Crippen LogP contribution in [-0.4, -0.2) is 30.8 Å². The van der Waals surface area contributed by atoms with Crippen molar-refractivity contribution in [1.29, 1.82) is 0 Å². The summed E-state index contributed by atoms with van der Waals surface area (Å²) < 4.78 is 5.41. The fraction of sp³-hybridized carbons (Fsp3) is 0.583. The molecule has 0 spiro atoms. The van der Waals surface area contributed by atoms with Crippen LogP contribution < -0.4 is 10.6 Å². The zero-order valence-electron chi connectivity index (χ0n) is 9.89. The highest BCUT2D eigenvalue weighted by Gasteiger charge is 2.19. The van der Waals surface area contributed by atoms with Crippen molar-refractivity contribution < 1.29 is 4.74 Å². The molecule has 1 aliphatic heterocycles. The number of ether oxygens (including phenoxy) is 1. The first-order valence-corrected chi connectivity index (χ1v) is 5.74. The van der Waals surface area contributed by atoms with Gasteiger partial charge in [0.05, 0.1) is 30.8 Å². The SMILES string of the molecule is C[C@@H]1COCCN1c1ccc([C@@H](C)N)nc1. The summed E-state index contributed by atoms with van der Waals surface area (Å²) in [6, 6.07) is 4.50. The zero-order chi connectivity index (χ0) is 11.5. The van der Waals surface area contributed by atoms with Gasteiger partial charge in [0.25, 0.3) is 0 Å². The lowest BCUT2D eigenvalue weighted by molar-refractivity contribution is 0.0989. The van der Waals surface area contributed by atoms with Crippen LogP contribution in [0.25, 0.3) is 0 Å². The van der Waals surface area contributed by atoms with E-state index in [2.05, 4.69) is 22.9 Å². The van der Waals surface area contributed by atoms with Crippen LogP contribution in [-0.2, 0) is 4.74 Å². The van der Waals surface area contributed by atoms with E-state index in [-0.39, 0.29) is 6.04 Å². The monoisotopic (exact) mass is 221 g/mol. The summed E-state index contributed by atoms with van der Waals surface area (Å²) in [5.74, 6) is 0. The first-order valence-electron chi connectivity index (χ1n) is 5.74. The fourth-order valence-electron chi connectivity index (χ4n) is 1.95. The van der Waals surface area contributed by atoms with Crippen LogP contribution in [0.1, 0.15) is 25.6 Å². The van der Waals surface area contributed by atoms with E-state index in [1.54, 1.807) is 0 Å². The van der Waals surface area contributed by atoms with Crippen LogP contribution in [0.15, 0.2) is 18.3 Å². The molecule has 0 aliphatic carbocycles. The lowest BCUT2D eigenvalue weighted by Gasteiger charge is -2.35. The standard InChI is InChI=1S/C12H19N3O/c1-9-8-16-6-5-15(9)11-3-4-12(10(2)13)14-7-11/h3-4,7,9-10H,5-6,8,13H2,1-2H3/t9-,10-/m1/s1. The molecule has 4 heteroatoms. The second kappa shape index (κ2) is 4.80. The first kappa shape index (κ1) is 11.4. The third-order valence-electron chi connectivity index (χ3n) is 2.94. The molecule has 0 unspecified atom stereocenters. The molecule has 1 aromatic rings. The molecule has 2 atom stereocenters. The number of anilines is 1. The summed E-state index contributed by atoms with van der Waals surface area (Å²) in [5.41, 5.74) is 7.86. The van der Waals surface area contributed by atoms with Gasteiger partial charge in [-0.25, -0.2) is 0 Å². The topological polar surface area (TPSA) is 51.4 Å². The van der Waals surface area contributed by atoms with Crippen LogP contribution in [0.4, 0.5) is 5.69 Å². The van der Waals surface area contributed by atoms with Gasteiger partial charge in [0, 0.05) is 18.6 Å². The molecule has 0 radical (unpaired) electrons. The molecule has 1 aromatic heterocycles. The highest BCUT2D eigenvalue weighted by molar-refractivity contribution is 5.46. The predicted octanol–water partition coefficient (Wildman–Crippen LogP) is 1.33. The Kier molecular flexibility index (Phi) is 3.41. The Bertz CT molecular complexity index is 337. The maximum Gasteiger partial charge on any atom is 0.0668 e. The molecule has 4 nitrogen and oxygen atoms in total. The number of rotatable bonds is 2. The Balaban J connectivity index is 2.14. The van der Waals surface area contributed by atoms with E-state index < -0.39 is 0 Å². The van der Waals surface area contributed by atoms with E-state index in [1.807, 2.05) is 19.2 Å². The zero-order valence-corrected chi connectivity index (χ0v) is 9.89. The fourth-order valence-corrected chi connectivity index (χ4v) is 1.95. The third kappa shape index (κ3) is 2.33. The Labute approximate surface area is 96.4 Å². The summed E-state index contributed by atoms with van der Waals surface area (Å²) in [5, 5.41) is 0. The van der Waals surface area contributed by atoms with Crippen LogP contribution in [0.2, 0.25) is 0 Å². The van der Waals surface area contributed by atoms with Gasteiger partial charge in [-0.1, -0.05) is 0 Å². The van der Waals surface area contributed by atoms with Gasteiger partial charge >= 0.3 is 0 Å². The van der Waals surface area contributed by atoms with Crippen molar-refractivity contribution >= 4 is 5.69 Å². The molecular formula is C12H19N3O. The van der Waals surface area contributed by atoms with Crippen molar-refractivity contribution in [3.05, 3.63) is 24.0 Å². The number of morpholine rings is 1.